The molecule has 11 heteroatoms. The second-order valence-corrected chi connectivity index (χ2v) is 12.0. The summed E-state index contributed by atoms with van der Waals surface area (Å²) >= 11 is 0. The third-order valence-electron chi connectivity index (χ3n) is 9.60. The Morgan fingerprint density at radius 2 is 2.12 bits per heavy atom. The second kappa shape index (κ2) is 10.1. The number of hydrogen-bond donors (Lipinski definition) is 2. The molecular formula is C32H32F3N5O3. The number of nitrogens with one attached hydrogen (secondary N) is 1. The first-order valence-electron chi connectivity index (χ1n) is 14.5. The third kappa shape index (κ3) is 4.18. The fourth-order valence-electron chi connectivity index (χ4n) is 7.31. The molecule has 2 saturated heterocycles. The Morgan fingerprint density at radius 1 is 1.28 bits per heavy atom. The lowest BCUT2D eigenvalue weighted by atomic mass is 9.69. The number of anilines is 1. The van der Waals surface area contributed by atoms with Crippen LogP contribution in [0.3, 0.4) is 0 Å². The second-order valence-electron chi connectivity index (χ2n) is 12.0. The van der Waals surface area contributed by atoms with Crippen LogP contribution in [0.1, 0.15) is 54.1 Å². The molecule has 224 valence electrons. The molecule has 2 aromatic heterocycles. The number of phenolic OH excluding ortho intramolecular Hbond substituents is 1. The fraction of sp³-hybridized carbons (Fsp3) is 0.469. The van der Waals surface area contributed by atoms with Crippen molar-refractivity contribution >= 4 is 22.7 Å². The van der Waals surface area contributed by atoms with Gasteiger partial charge in [0.05, 0.1) is 34.1 Å². The Balaban J connectivity index is 1.33. The van der Waals surface area contributed by atoms with Crippen LogP contribution in [0.5, 0.6) is 11.5 Å². The van der Waals surface area contributed by atoms with E-state index in [4.69, 9.17) is 15.9 Å². The molecule has 8 nitrogen and oxygen atoms in total. The molecule has 4 heterocycles. The van der Waals surface area contributed by atoms with Crippen molar-refractivity contribution in [2.75, 3.05) is 39.2 Å². The van der Waals surface area contributed by atoms with Crippen molar-refractivity contribution in [3.8, 4) is 23.8 Å². The number of fused-ring (bicyclic) bond motifs is 3. The summed E-state index contributed by atoms with van der Waals surface area (Å²) in [6, 6.07) is 4.34. The predicted octanol–water partition coefficient (Wildman–Crippen LogP) is 4.81. The SMILES string of the molecule is C#CC1(c2cc3nc(NC)nc([C@H]4C[C@H]4OC)c3cn2)c2ccc(O)c(OC[C@@]34CCCN3C[C@H](F)C4)c2C(F)=CC1F. The molecule has 2 N–H and O–H groups in total. The Bertz CT molecular complexity index is 1690. The number of ether oxygens (including phenoxy) is 2. The molecular weight excluding hydrogens is 559 g/mol. The normalized spacial score (nSPS) is 31.3. The molecule has 7 rings (SSSR count). The molecule has 0 amide bonds. The topological polar surface area (TPSA) is 92.6 Å². The van der Waals surface area contributed by atoms with Crippen LogP contribution in [0.15, 0.2) is 30.5 Å². The molecule has 3 aromatic rings. The van der Waals surface area contributed by atoms with E-state index in [1.165, 1.54) is 12.1 Å². The number of phenols is 1. The van der Waals surface area contributed by atoms with E-state index >= 15 is 8.78 Å². The first-order chi connectivity index (χ1) is 20.7. The largest absolute Gasteiger partial charge is 0.504 e. The van der Waals surface area contributed by atoms with Gasteiger partial charge in [-0.3, -0.25) is 9.88 Å². The zero-order chi connectivity index (χ0) is 30.1. The maximum atomic E-state index is 16.1. The summed E-state index contributed by atoms with van der Waals surface area (Å²) in [5, 5.41) is 14.5. The summed E-state index contributed by atoms with van der Waals surface area (Å²) < 4.78 is 57.8. The average molecular weight is 592 g/mol. The van der Waals surface area contributed by atoms with Gasteiger partial charge < -0.3 is 19.9 Å². The van der Waals surface area contributed by atoms with Crippen molar-refractivity contribution in [1.29, 1.82) is 0 Å². The lowest BCUT2D eigenvalue weighted by Crippen LogP contribution is -2.43. The number of alkyl halides is 2. The van der Waals surface area contributed by atoms with E-state index < -0.39 is 29.1 Å². The zero-order valence-corrected chi connectivity index (χ0v) is 23.9. The predicted molar refractivity (Wildman–Crippen MR) is 155 cm³/mol. The van der Waals surface area contributed by atoms with E-state index in [1.54, 1.807) is 26.4 Å². The zero-order valence-electron chi connectivity index (χ0n) is 23.9. The van der Waals surface area contributed by atoms with Gasteiger partial charge >= 0.3 is 0 Å². The van der Waals surface area contributed by atoms with E-state index in [1.807, 2.05) is 0 Å². The number of aromatic hydroxyl groups is 1. The Morgan fingerprint density at radius 3 is 2.86 bits per heavy atom. The molecule has 0 radical (unpaired) electrons. The van der Waals surface area contributed by atoms with Crippen LogP contribution in [0.25, 0.3) is 16.7 Å². The van der Waals surface area contributed by atoms with Crippen molar-refractivity contribution in [2.45, 2.75) is 61.0 Å². The lowest BCUT2D eigenvalue weighted by molar-refractivity contribution is 0.111. The van der Waals surface area contributed by atoms with Gasteiger partial charge in [-0.15, -0.1) is 6.42 Å². The number of hydrogen-bond acceptors (Lipinski definition) is 8. The maximum Gasteiger partial charge on any atom is 0.223 e. The molecule has 2 aliphatic carbocycles. The van der Waals surface area contributed by atoms with Crippen molar-refractivity contribution in [1.82, 2.24) is 19.9 Å². The number of nitrogens with zero attached hydrogens (tertiary/aromatic N) is 4. The average Bonchev–Trinajstić information content (AvgIpc) is 3.59. The van der Waals surface area contributed by atoms with Crippen molar-refractivity contribution in [3.05, 3.63) is 53.0 Å². The summed E-state index contributed by atoms with van der Waals surface area (Å²) in [6.07, 6.45) is 8.28. The monoisotopic (exact) mass is 591 g/mol. The quantitative estimate of drug-likeness (QED) is 0.379. The number of pyridine rings is 1. The van der Waals surface area contributed by atoms with Gasteiger partial charge in [0.1, 0.15) is 30.2 Å². The number of benzene rings is 1. The number of allylic oxidation sites excluding steroid dienone is 1. The van der Waals surface area contributed by atoms with E-state index in [0.717, 1.165) is 37.6 Å². The highest BCUT2D eigenvalue weighted by Crippen LogP contribution is 2.52. The van der Waals surface area contributed by atoms with Gasteiger partial charge in [0.2, 0.25) is 5.95 Å². The smallest absolute Gasteiger partial charge is 0.223 e. The highest BCUT2D eigenvalue weighted by Gasteiger charge is 2.51. The van der Waals surface area contributed by atoms with Crippen LogP contribution in [0, 0.1) is 12.3 Å². The summed E-state index contributed by atoms with van der Waals surface area (Å²) in [5.74, 6) is 1.66. The van der Waals surface area contributed by atoms with Gasteiger partial charge in [-0.25, -0.2) is 23.1 Å². The van der Waals surface area contributed by atoms with Crippen LogP contribution >= 0.6 is 0 Å². The molecule has 2 unspecified atom stereocenters. The third-order valence-corrected chi connectivity index (χ3v) is 9.60. The highest BCUT2D eigenvalue weighted by atomic mass is 19.1. The van der Waals surface area contributed by atoms with Gasteiger partial charge in [-0.05, 0) is 49.6 Å². The molecule has 0 spiro atoms. The van der Waals surface area contributed by atoms with Crippen LogP contribution in [0.4, 0.5) is 19.1 Å². The van der Waals surface area contributed by atoms with Crippen molar-refractivity contribution in [3.63, 3.8) is 0 Å². The molecule has 1 aromatic carbocycles. The summed E-state index contributed by atoms with van der Waals surface area (Å²) in [5.41, 5.74) is -1.01. The number of rotatable bonds is 7. The van der Waals surface area contributed by atoms with Gasteiger partial charge in [0.15, 0.2) is 11.5 Å². The molecule has 1 saturated carbocycles. The van der Waals surface area contributed by atoms with E-state index in [9.17, 15) is 9.50 Å². The molecule has 2 aliphatic heterocycles. The minimum absolute atomic E-state index is 0.0371. The van der Waals surface area contributed by atoms with E-state index in [2.05, 4.69) is 31.1 Å². The van der Waals surface area contributed by atoms with Gasteiger partial charge in [-0.2, -0.15) is 0 Å². The molecule has 0 bridgehead atoms. The van der Waals surface area contributed by atoms with E-state index in [0.29, 0.717) is 29.8 Å². The first-order valence-corrected chi connectivity index (χ1v) is 14.5. The van der Waals surface area contributed by atoms with Crippen LogP contribution in [-0.4, -0.2) is 82.8 Å². The van der Waals surface area contributed by atoms with Crippen LogP contribution < -0.4 is 10.1 Å². The first kappa shape index (κ1) is 27.9. The standard InChI is InChI=1S/C32H32F3N5O3/c1-4-32(26-12-22-19(14-37-26)28(18-10-24(18)42-3)39-30(36-2)38-22)20-6-7-23(41)29(27(20)21(34)11-25(32)35)43-16-31-8-5-9-40(31)15-17(33)13-31/h1,6-7,11-12,14,17-18,24-25,41H,5,8-10,13,15-16H2,2-3H3,(H,36,38,39)/t17-,18+,24-,25?,31+,32?/m1/s1. The number of methoxy groups -OCH3 is 1. The molecule has 43 heavy (non-hydrogen) atoms. The van der Waals surface area contributed by atoms with Crippen LogP contribution in [0.2, 0.25) is 0 Å². The minimum atomic E-state index is -1.98. The summed E-state index contributed by atoms with van der Waals surface area (Å²) in [6.45, 7) is 1.13. The summed E-state index contributed by atoms with van der Waals surface area (Å²) in [7, 11) is 3.36. The van der Waals surface area contributed by atoms with Gasteiger partial charge in [0, 0.05) is 44.6 Å². The number of terminal acetylenes is 1. The van der Waals surface area contributed by atoms with Gasteiger partial charge in [-0.1, -0.05) is 12.0 Å². The van der Waals surface area contributed by atoms with Crippen LogP contribution in [-0.2, 0) is 10.2 Å². The number of halogens is 3. The maximum absolute atomic E-state index is 16.1. The molecule has 4 aliphatic rings. The molecule has 6 atom stereocenters. The van der Waals surface area contributed by atoms with Crippen molar-refractivity contribution in [2.24, 2.45) is 0 Å². The highest BCUT2D eigenvalue weighted by molar-refractivity contribution is 5.84. The van der Waals surface area contributed by atoms with Gasteiger partial charge in [0.25, 0.3) is 0 Å². The Labute approximate surface area is 247 Å². The molecule has 3 fully saturated rings. The van der Waals surface area contributed by atoms with Crippen molar-refractivity contribution < 1.29 is 27.8 Å². The Kier molecular flexibility index (Phi) is 6.56. The number of aromatic nitrogens is 3. The lowest BCUT2D eigenvalue weighted by Gasteiger charge is -2.36. The van der Waals surface area contributed by atoms with E-state index in [-0.39, 0.29) is 46.9 Å². The fourth-order valence-corrected chi connectivity index (χ4v) is 7.31. The minimum Gasteiger partial charge on any atom is -0.504 e. The summed E-state index contributed by atoms with van der Waals surface area (Å²) in [4.78, 5) is 15.9. The Hall–Kier alpha value is -3.88.